The lowest BCUT2D eigenvalue weighted by molar-refractivity contribution is -0.274. The van der Waals surface area contributed by atoms with Gasteiger partial charge in [0.2, 0.25) is 5.91 Å². The van der Waals surface area contributed by atoms with Crippen molar-refractivity contribution in [3.05, 3.63) is 84.1 Å². The Kier molecular flexibility index (Phi) is 8.45. The molecule has 1 aliphatic heterocycles. The average Bonchev–Trinajstić information content (AvgIpc) is 3.22. The number of anilines is 2. The Bertz CT molecular complexity index is 1410. The Morgan fingerprint density at radius 2 is 1.69 bits per heavy atom. The molecule has 0 aliphatic carbocycles. The maximum atomic E-state index is 13.4. The number of methoxy groups -OCH3 is 2. The van der Waals surface area contributed by atoms with Gasteiger partial charge in [-0.1, -0.05) is 30.0 Å². The number of alkyl halides is 3. The van der Waals surface area contributed by atoms with Crippen molar-refractivity contribution in [1.29, 1.82) is 0 Å². The maximum absolute atomic E-state index is 13.4. The first-order valence-electron chi connectivity index (χ1n) is 11.4. The highest BCUT2D eigenvalue weighted by Gasteiger charge is 2.33. The van der Waals surface area contributed by atoms with E-state index in [2.05, 4.69) is 15.0 Å². The molecule has 1 N–H and O–H groups in total. The number of rotatable bonds is 8. The number of nitrogens with one attached hydrogen (secondary N) is 1. The van der Waals surface area contributed by atoms with Crippen LogP contribution in [0.4, 0.5) is 24.5 Å². The Labute approximate surface area is 226 Å². The number of ether oxygens (including phenoxy) is 3. The molecule has 0 saturated heterocycles. The molecule has 0 saturated carbocycles. The molecular weight excluding hydrogens is 535 g/mol. The van der Waals surface area contributed by atoms with Gasteiger partial charge < -0.3 is 19.5 Å². The first-order valence-corrected chi connectivity index (χ1v) is 12.4. The van der Waals surface area contributed by atoms with Crippen LogP contribution in [0.25, 0.3) is 6.08 Å². The summed E-state index contributed by atoms with van der Waals surface area (Å²) < 4.78 is 51.6. The summed E-state index contributed by atoms with van der Waals surface area (Å²) >= 11 is 1.03. The third-order valence-electron chi connectivity index (χ3n) is 5.28. The van der Waals surface area contributed by atoms with E-state index >= 15 is 0 Å². The molecule has 1 heterocycles. The highest BCUT2D eigenvalue weighted by atomic mass is 32.2. The number of para-hydroxylation sites is 1. The SMILES string of the molecule is COc1ccc(OC)c(/C=C2/N=C(SCC(=O)Nc3ccc(OC(F)(F)F)cc3)N(c3ccccc3)C2=O)c1. The summed E-state index contributed by atoms with van der Waals surface area (Å²) in [6.07, 6.45) is -3.23. The largest absolute Gasteiger partial charge is 0.573 e. The van der Waals surface area contributed by atoms with Crippen LogP contribution in [-0.2, 0) is 9.59 Å². The Hall–Kier alpha value is -4.45. The van der Waals surface area contributed by atoms with Gasteiger partial charge >= 0.3 is 6.36 Å². The lowest BCUT2D eigenvalue weighted by Crippen LogP contribution is -2.31. The van der Waals surface area contributed by atoms with E-state index in [0.717, 1.165) is 23.9 Å². The van der Waals surface area contributed by atoms with Gasteiger partial charge in [-0.3, -0.25) is 14.5 Å². The van der Waals surface area contributed by atoms with Gasteiger partial charge in [0, 0.05) is 11.3 Å². The molecule has 0 aromatic heterocycles. The Morgan fingerprint density at radius 1 is 1.00 bits per heavy atom. The minimum atomic E-state index is -4.81. The summed E-state index contributed by atoms with van der Waals surface area (Å²) in [6.45, 7) is 0. The molecule has 12 heteroatoms. The third kappa shape index (κ3) is 7.11. The van der Waals surface area contributed by atoms with Gasteiger partial charge in [-0.2, -0.15) is 0 Å². The minimum Gasteiger partial charge on any atom is -0.497 e. The number of carbonyl (C=O) groups excluding carboxylic acids is 2. The van der Waals surface area contributed by atoms with Crippen LogP contribution in [0.5, 0.6) is 17.2 Å². The van der Waals surface area contributed by atoms with Crippen LogP contribution in [0, 0.1) is 0 Å². The Morgan fingerprint density at radius 3 is 2.33 bits per heavy atom. The third-order valence-corrected chi connectivity index (χ3v) is 6.22. The fraction of sp³-hybridized carbons (Fsp3) is 0.148. The number of nitrogens with zero attached hydrogens (tertiary/aromatic N) is 2. The van der Waals surface area contributed by atoms with E-state index in [9.17, 15) is 22.8 Å². The molecule has 202 valence electrons. The summed E-state index contributed by atoms with van der Waals surface area (Å²) in [4.78, 5) is 31.9. The van der Waals surface area contributed by atoms with Crippen molar-refractivity contribution in [2.45, 2.75) is 6.36 Å². The summed E-state index contributed by atoms with van der Waals surface area (Å²) in [5, 5.41) is 2.88. The van der Waals surface area contributed by atoms with Crippen LogP contribution in [0.15, 0.2) is 83.5 Å². The minimum absolute atomic E-state index is 0.119. The van der Waals surface area contributed by atoms with E-state index in [1.807, 2.05) is 6.07 Å². The summed E-state index contributed by atoms with van der Waals surface area (Å²) in [5.41, 5.74) is 1.56. The lowest BCUT2D eigenvalue weighted by Gasteiger charge is -2.17. The molecule has 0 atom stereocenters. The van der Waals surface area contributed by atoms with Crippen molar-refractivity contribution in [3.63, 3.8) is 0 Å². The van der Waals surface area contributed by atoms with Crippen molar-refractivity contribution in [2.75, 3.05) is 30.2 Å². The molecule has 0 radical (unpaired) electrons. The monoisotopic (exact) mass is 557 g/mol. The van der Waals surface area contributed by atoms with Gasteiger partial charge in [-0.05, 0) is 60.7 Å². The van der Waals surface area contributed by atoms with Gasteiger partial charge in [0.1, 0.15) is 22.9 Å². The summed E-state index contributed by atoms with van der Waals surface area (Å²) in [5.74, 6) is -0.273. The number of hydrogen-bond acceptors (Lipinski definition) is 7. The quantitative estimate of drug-likeness (QED) is 0.357. The number of halogens is 3. The van der Waals surface area contributed by atoms with Gasteiger partial charge in [0.25, 0.3) is 5.91 Å². The van der Waals surface area contributed by atoms with Crippen LogP contribution in [0.3, 0.4) is 0 Å². The average molecular weight is 558 g/mol. The second-order valence-corrected chi connectivity index (χ2v) is 8.86. The first kappa shape index (κ1) is 27.6. The number of carbonyl (C=O) groups is 2. The van der Waals surface area contributed by atoms with E-state index in [0.29, 0.717) is 22.7 Å². The predicted octanol–water partition coefficient (Wildman–Crippen LogP) is 5.72. The van der Waals surface area contributed by atoms with Gasteiger partial charge in [-0.25, -0.2) is 4.99 Å². The molecule has 0 fully saturated rings. The highest BCUT2D eigenvalue weighted by Crippen LogP contribution is 2.32. The van der Waals surface area contributed by atoms with Crippen molar-refractivity contribution in [3.8, 4) is 17.2 Å². The molecular formula is C27H22F3N3O5S. The van der Waals surface area contributed by atoms with Gasteiger partial charge in [0.05, 0.1) is 25.7 Å². The molecule has 1 aliphatic rings. The fourth-order valence-electron chi connectivity index (χ4n) is 3.56. The Balaban J connectivity index is 1.53. The zero-order chi connectivity index (χ0) is 28.0. The molecule has 2 amide bonds. The normalized spacial score (nSPS) is 14.3. The first-order chi connectivity index (χ1) is 18.7. The van der Waals surface area contributed by atoms with Crippen LogP contribution in [0.1, 0.15) is 5.56 Å². The summed E-state index contributed by atoms with van der Waals surface area (Å²) in [6, 6.07) is 18.8. The molecule has 0 unspecified atom stereocenters. The molecule has 3 aromatic rings. The molecule has 4 rings (SSSR count). The number of benzene rings is 3. The van der Waals surface area contributed by atoms with E-state index in [4.69, 9.17) is 9.47 Å². The van der Waals surface area contributed by atoms with Crippen LogP contribution in [-0.4, -0.2) is 43.3 Å². The van der Waals surface area contributed by atoms with E-state index in [1.165, 1.54) is 31.3 Å². The molecule has 3 aromatic carbocycles. The standard InChI is InChI=1S/C27H22F3N3O5S/c1-36-21-12-13-23(37-2)17(14-21)15-22-25(35)33(19-6-4-3-5-7-19)26(32-22)39-16-24(34)31-18-8-10-20(11-9-18)38-27(28,29)30/h3-15H,16H2,1-2H3,(H,31,34)/b22-15+. The number of amidine groups is 1. The lowest BCUT2D eigenvalue weighted by atomic mass is 10.1. The van der Waals surface area contributed by atoms with Crippen LogP contribution < -0.4 is 24.4 Å². The molecule has 39 heavy (non-hydrogen) atoms. The van der Waals surface area contributed by atoms with Crippen LogP contribution in [0.2, 0.25) is 0 Å². The predicted molar refractivity (Wildman–Crippen MR) is 143 cm³/mol. The summed E-state index contributed by atoms with van der Waals surface area (Å²) in [7, 11) is 3.04. The van der Waals surface area contributed by atoms with Crippen molar-refractivity contribution in [2.24, 2.45) is 4.99 Å². The van der Waals surface area contributed by atoms with Gasteiger partial charge in [-0.15, -0.1) is 13.2 Å². The zero-order valence-electron chi connectivity index (χ0n) is 20.7. The second-order valence-electron chi connectivity index (χ2n) is 7.92. The smallest absolute Gasteiger partial charge is 0.497 e. The van der Waals surface area contributed by atoms with Crippen molar-refractivity contribution >= 4 is 46.2 Å². The second kappa shape index (κ2) is 11.9. The van der Waals surface area contributed by atoms with E-state index in [1.54, 1.807) is 48.5 Å². The maximum Gasteiger partial charge on any atom is 0.573 e. The molecule has 0 spiro atoms. The fourth-order valence-corrected chi connectivity index (χ4v) is 4.38. The van der Waals surface area contributed by atoms with Crippen molar-refractivity contribution in [1.82, 2.24) is 0 Å². The van der Waals surface area contributed by atoms with Crippen molar-refractivity contribution < 1.29 is 37.0 Å². The number of thioether (sulfide) groups is 1. The molecule has 8 nitrogen and oxygen atoms in total. The highest BCUT2D eigenvalue weighted by molar-refractivity contribution is 8.14. The zero-order valence-corrected chi connectivity index (χ0v) is 21.5. The number of hydrogen-bond donors (Lipinski definition) is 1. The van der Waals surface area contributed by atoms with Crippen LogP contribution >= 0.6 is 11.8 Å². The van der Waals surface area contributed by atoms with Gasteiger partial charge in [0.15, 0.2) is 5.17 Å². The van der Waals surface area contributed by atoms with E-state index < -0.39 is 23.9 Å². The van der Waals surface area contributed by atoms with E-state index in [-0.39, 0.29) is 22.3 Å². The topological polar surface area (TPSA) is 89.5 Å². The number of aliphatic imine (C=N–C) groups is 1. The molecule has 0 bridgehead atoms. The number of amides is 2.